The lowest BCUT2D eigenvalue weighted by atomic mass is 9.60. The minimum absolute atomic E-state index is 0.0366. The molecule has 1 saturated heterocycles. The summed E-state index contributed by atoms with van der Waals surface area (Å²) in [6.07, 6.45) is 3.59. The maximum Gasteiger partial charge on any atom is 0.325 e. The summed E-state index contributed by atoms with van der Waals surface area (Å²) in [4.78, 5) is 36.4. The third-order valence-electron chi connectivity index (χ3n) is 5.65. The molecule has 0 aromatic heterocycles. The van der Waals surface area contributed by atoms with Crippen LogP contribution >= 0.6 is 0 Å². The Morgan fingerprint density at radius 3 is 2.62 bits per heavy atom. The normalized spacial score (nSPS) is 31.4. The van der Waals surface area contributed by atoms with Crippen LogP contribution in [-0.4, -0.2) is 41.9 Å². The first-order chi connectivity index (χ1) is 11.6. The van der Waals surface area contributed by atoms with Crippen LogP contribution in [0.3, 0.4) is 0 Å². The Kier molecular flexibility index (Phi) is 3.75. The van der Waals surface area contributed by atoms with Crippen molar-refractivity contribution in [3.8, 4) is 0 Å². The van der Waals surface area contributed by atoms with E-state index in [2.05, 4.69) is 22.8 Å². The molecule has 2 saturated carbocycles. The number of carbonyl (C=O) groups excluding carboxylic acids is 3. The number of urea groups is 1. The predicted molar refractivity (Wildman–Crippen MR) is 87.1 cm³/mol. The summed E-state index contributed by atoms with van der Waals surface area (Å²) in [5.74, 6) is 1.00. The molecule has 6 heteroatoms. The summed E-state index contributed by atoms with van der Waals surface area (Å²) in [6.45, 7) is -0.0991. The van der Waals surface area contributed by atoms with Crippen molar-refractivity contribution in [2.45, 2.75) is 31.2 Å². The third kappa shape index (κ3) is 2.56. The van der Waals surface area contributed by atoms with Gasteiger partial charge in [-0.1, -0.05) is 36.8 Å². The van der Waals surface area contributed by atoms with E-state index in [0.717, 1.165) is 6.42 Å². The molecule has 4 rings (SSSR count). The van der Waals surface area contributed by atoms with Crippen LogP contribution in [0.4, 0.5) is 4.79 Å². The standard InChI is InChI=1S/C18H21N3O3/c22-14(9-21-10-15(23)20-18(21)24)19-17-13-8-4-7-12(13)16(17)11-5-2-1-3-6-11/h1-3,5-6,12-13,16-17H,4,7-10H2,(H,19,22)(H,20,23,24). The van der Waals surface area contributed by atoms with Gasteiger partial charge in [-0.15, -0.1) is 0 Å². The fraction of sp³-hybridized carbons (Fsp3) is 0.500. The summed E-state index contributed by atoms with van der Waals surface area (Å²) >= 11 is 0. The number of hydrogen-bond donors (Lipinski definition) is 2. The van der Waals surface area contributed by atoms with Gasteiger partial charge in [-0.2, -0.15) is 0 Å². The van der Waals surface area contributed by atoms with Gasteiger partial charge in [-0.05, 0) is 30.2 Å². The molecule has 24 heavy (non-hydrogen) atoms. The Bertz CT molecular complexity index is 675. The zero-order valence-corrected chi connectivity index (χ0v) is 13.4. The van der Waals surface area contributed by atoms with E-state index in [1.165, 1.54) is 23.3 Å². The van der Waals surface area contributed by atoms with Crippen LogP contribution < -0.4 is 10.6 Å². The van der Waals surface area contributed by atoms with Crippen LogP contribution in [0.2, 0.25) is 0 Å². The molecular formula is C18H21N3O3. The van der Waals surface area contributed by atoms with Gasteiger partial charge in [0.05, 0.1) is 0 Å². The number of hydrogen-bond acceptors (Lipinski definition) is 3. The summed E-state index contributed by atoms with van der Waals surface area (Å²) in [5.41, 5.74) is 1.28. The van der Waals surface area contributed by atoms with Crippen molar-refractivity contribution in [1.82, 2.24) is 15.5 Å². The Labute approximate surface area is 140 Å². The van der Waals surface area contributed by atoms with E-state index in [1.807, 2.05) is 18.2 Å². The topological polar surface area (TPSA) is 78.5 Å². The van der Waals surface area contributed by atoms with E-state index in [0.29, 0.717) is 17.8 Å². The molecule has 0 spiro atoms. The quantitative estimate of drug-likeness (QED) is 0.817. The molecular weight excluding hydrogens is 306 g/mol. The van der Waals surface area contributed by atoms with Gasteiger partial charge in [0.25, 0.3) is 0 Å². The number of nitrogens with one attached hydrogen (secondary N) is 2. The number of benzene rings is 1. The van der Waals surface area contributed by atoms with Crippen molar-refractivity contribution >= 4 is 17.8 Å². The molecule has 3 fully saturated rings. The second kappa shape index (κ2) is 5.92. The van der Waals surface area contributed by atoms with Gasteiger partial charge < -0.3 is 10.2 Å². The first-order valence-corrected chi connectivity index (χ1v) is 8.56. The molecule has 1 aromatic carbocycles. The van der Waals surface area contributed by atoms with Crippen molar-refractivity contribution in [2.24, 2.45) is 11.8 Å². The average Bonchev–Trinajstić information content (AvgIpc) is 3.10. The number of nitrogens with zero attached hydrogens (tertiary/aromatic N) is 1. The van der Waals surface area contributed by atoms with Crippen LogP contribution in [0.25, 0.3) is 0 Å². The number of amides is 4. The summed E-state index contributed by atoms with van der Waals surface area (Å²) in [6, 6.07) is 9.99. The predicted octanol–water partition coefficient (Wildman–Crippen LogP) is 1.24. The Morgan fingerprint density at radius 1 is 1.17 bits per heavy atom. The van der Waals surface area contributed by atoms with Gasteiger partial charge in [-0.25, -0.2) is 4.79 Å². The second-order valence-corrected chi connectivity index (χ2v) is 7.00. The highest BCUT2D eigenvalue weighted by Crippen LogP contribution is 2.55. The highest BCUT2D eigenvalue weighted by molar-refractivity contribution is 6.03. The molecule has 3 aliphatic rings. The van der Waals surface area contributed by atoms with E-state index < -0.39 is 6.03 Å². The van der Waals surface area contributed by atoms with Crippen LogP contribution in [-0.2, 0) is 9.59 Å². The number of carbonyl (C=O) groups is 3. The summed E-state index contributed by atoms with van der Waals surface area (Å²) < 4.78 is 0. The zero-order valence-electron chi connectivity index (χ0n) is 13.4. The summed E-state index contributed by atoms with van der Waals surface area (Å²) in [7, 11) is 0. The molecule has 1 aliphatic heterocycles. The molecule has 126 valence electrons. The number of imide groups is 1. The third-order valence-corrected chi connectivity index (χ3v) is 5.65. The van der Waals surface area contributed by atoms with Crippen molar-refractivity contribution in [1.29, 1.82) is 0 Å². The first kappa shape index (κ1) is 15.2. The minimum Gasteiger partial charge on any atom is -0.351 e. The second-order valence-electron chi connectivity index (χ2n) is 7.00. The highest BCUT2D eigenvalue weighted by atomic mass is 16.2. The summed E-state index contributed by atoms with van der Waals surface area (Å²) in [5, 5.41) is 5.32. The van der Waals surface area contributed by atoms with Gasteiger partial charge >= 0.3 is 6.03 Å². The first-order valence-electron chi connectivity index (χ1n) is 8.56. The smallest absolute Gasteiger partial charge is 0.325 e. The van der Waals surface area contributed by atoms with Crippen molar-refractivity contribution in [3.63, 3.8) is 0 Å². The molecule has 4 amide bonds. The van der Waals surface area contributed by atoms with E-state index in [1.54, 1.807) is 0 Å². The van der Waals surface area contributed by atoms with Crippen LogP contribution in [0.5, 0.6) is 0 Å². The fourth-order valence-corrected chi connectivity index (χ4v) is 4.64. The molecule has 4 unspecified atom stereocenters. The minimum atomic E-state index is -0.484. The Morgan fingerprint density at radius 2 is 1.92 bits per heavy atom. The van der Waals surface area contributed by atoms with Gasteiger partial charge in [-0.3, -0.25) is 14.9 Å². The SMILES string of the molecule is O=C1CN(CC(=O)NC2C3CCCC3C2c2ccccc2)C(=O)N1. The van der Waals surface area contributed by atoms with Gasteiger partial charge in [0, 0.05) is 12.0 Å². The highest BCUT2D eigenvalue weighted by Gasteiger charge is 2.53. The van der Waals surface area contributed by atoms with E-state index in [-0.39, 0.29) is 30.9 Å². The molecule has 1 heterocycles. The van der Waals surface area contributed by atoms with Crippen LogP contribution in [0, 0.1) is 11.8 Å². The van der Waals surface area contributed by atoms with Gasteiger partial charge in [0.15, 0.2) is 0 Å². The molecule has 2 N–H and O–H groups in total. The number of rotatable bonds is 4. The Balaban J connectivity index is 1.43. The van der Waals surface area contributed by atoms with Crippen molar-refractivity contribution in [2.75, 3.05) is 13.1 Å². The molecule has 6 nitrogen and oxygen atoms in total. The van der Waals surface area contributed by atoms with Crippen molar-refractivity contribution in [3.05, 3.63) is 35.9 Å². The lowest BCUT2D eigenvalue weighted by Gasteiger charge is -2.49. The molecule has 0 bridgehead atoms. The van der Waals surface area contributed by atoms with Gasteiger partial charge in [0.1, 0.15) is 13.1 Å². The molecule has 0 radical (unpaired) electrons. The lowest BCUT2D eigenvalue weighted by Crippen LogP contribution is -2.58. The van der Waals surface area contributed by atoms with Gasteiger partial charge in [0.2, 0.25) is 11.8 Å². The number of fused-ring (bicyclic) bond motifs is 1. The molecule has 4 atom stereocenters. The van der Waals surface area contributed by atoms with Crippen LogP contribution in [0.1, 0.15) is 30.7 Å². The zero-order chi connectivity index (χ0) is 16.7. The molecule has 2 aliphatic carbocycles. The van der Waals surface area contributed by atoms with E-state index >= 15 is 0 Å². The Hall–Kier alpha value is -2.37. The largest absolute Gasteiger partial charge is 0.351 e. The van der Waals surface area contributed by atoms with Crippen molar-refractivity contribution < 1.29 is 14.4 Å². The van der Waals surface area contributed by atoms with Crippen LogP contribution in [0.15, 0.2) is 30.3 Å². The van der Waals surface area contributed by atoms with E-state index in [4.69, 9.17) is 0 Å². The average molecular weight is 327 g/mol. The monoisotopic (exact) mass is 327 g/mol. The fourth-order valence-electron chi connectivity index (χ4n) is 4.64. The maximum absolute atomic E-state index is 12.4. The lowest BCUT2D eigenvalue weighted by molar-refractivity contribution is -0.124. The maximum atomic E-state index is 12.4. The van der Waals surface area contributed by atoms with E-state index in [9.17, 15) is 14.4 Å². The molecule has 1 aromatic rings.